The molecule has 0 aliphatic rings. The number of halogens is 1. The van der Waals surface area contributed by atoms with Crippen LogP contribution in [0.25, 0.3) is 0 Å². The van der Waals surface area contributed by atoms with Gasteiger partial charge in [0, 0.05) is 24.5 Å². The van der Waals surface area contributed by atoms with Crippen LogP contribution in [-0.4, -0.2) is 15.0 Å². The summed E-state index contributed by atoms with van der Waals surface area (Å²) in [6.07, 6.45) is 4.83. The molecule has 1 radical (unpaired) electrons. The molecule has 23 heavy (non-hydrogen) atoms. The summed E-state index contributed by atoms with van der Waals surface area (Å²) in [5.41, 5.74) is 0.967. The van der Waals surface area contributed by atoms with Crippen molar-refractivity contribution in [1.29, 1.82) is 0 Å². The Hall–Kier alpha value is -3.02. The van der Waals surface area contributed by atoms with Gasteiger partial charge in [-0.1, -0.05) is 12.1 Å². The molecule has 115 valence electrons. The summed E-state index contributed by atoms with van der Waals surface area (Å²) < 4.78 is 13.0. The molecule has 0 bridgehead atoms. The number of nitrogens with one attached hydrogen (secondary N) is 2. The van der Waals surface area contributed by atoms with Crippen LogP contribution in [0.15, 0.2) is 55.0 Å². The SMILES string of the molecule is C[C@H](Nc1[c]ccc(Nc2cnccn2)n1)c1ccc(F)cc1. The summed E-state index contributed by atoms with van der Waals surface area (Å²) in [6.45, 7) is 1.98. The van der Waals surface area contributed by atoms with Crippen molar-refractivity contribution in [3.8, 4) is 0 Å². The van der Waals surface area contributed by atoms with E-state index in [1.165, 1.54) is 12.1 Å². The van der Waals surface area contributed by atoms with Crippen LogP contribution in [-0.2, 0) is 0 Å². The number of benzene rings is 1. The van der Waals surface area contributed by atoms with Crippen molar-refractivity contribution in [3.05, 3.63) is 72.4 Å². The molecule has 1 aromatic carbocycles. The van der Waals surface area contributed by atoms with Gasteiger partial charge in [0.1, 0.15) is 23.3 Å². The monoisotopic (exact) mass is 308 g/mol. The molecule has 2 aromatic heterocycles. The van der Waals surface area contributed by atoms with Gasteiger partial charge in [-0.25, -0.2) is 14.4 Å². The van der Waals surface area contributed by atoms with Gasteiger partial charge in [-0.05, 0) is 36.8 Å². The molecule has 0 saturated heterocycles. The van der Waals surface area contributed by atoms with Crippen LogP contribution in [0.2, 0.25) is 0 Å². The maximum atomic E-state index is 13.0. The van der Waals surface area contributed by atoms with Crippen LogP contribution in [0.5, 0.6) is 0 Å². The standard InChI is InChI=1S/C17H15FN5/c1-12(13-5-7-14(18)8-6-13)21-15-3-2-4-16(22-15)23-17-11-19-9-10-20-17/h2,4-12H,1H3,(H2,20,21,22,23)/t12-/m0/s1. The van der Waals surface area contributed by atoms with E-state index in [4.69, 9.17) is 0 Å². The molecule has 3 rings (SSSR count). The van der Waals surface area contributed by atoms with E-state index in [0.717, 1.165) is 5.56 Å². The van der Waals surface area contributed by atoms with Crippen LogP contribution in [0.4, 0.5) is 21.8 Å². The number of aromatic nitrogens is 3. The maximum absolute atomic E-state index is 13.0. The van der Waals surface area contributed by atoms with Crippen molar-refractivity contribution in [3.63, 3.8) is 0 Å². The van der Waals surface area contributed by atoms with E-state index >= 15 is 0 Å². The molecular weight excluding hydrogens is 293 g/mol. The summed E-state index contributed by atoms with van der Waals surface area (Å²) in [4.78, 5) is 12.6. The quantitative estimate of drug-likeness (QED) is 0.752. The summed E-state index contributed by atoms with van der Waals surface area (Å²) in [7, 11) is 0. The van der Waals surface area contributed by atoms with E-state index in [1.54, 1.807) is 42.9 Å². The number of hydrogen-bond donors (Lipinski definition) is 2. The van der Waals surface area contributed by atoms with Crippen molar-refractivity contribution in [2.45, 2.75) is 13.0 Å². The highest BCUT2D eigenvalue weighted by Crippen LogP contribution is 2.19. The Balaban J connectivity index is 1.71. The lowest BCUT2D eigenvalue weighted by Crippen LogP contribution is -2.08. The van der Waals surface area contributed by atoms with Crippen molar-refractivity contribution in [1.82, 2.24) is 15.0 Å². The molecule has 2 heterocycles. The Morgan fingerprint density at radius 3 is 2.65 bits per heavy atom. The Kier molecular flexibility index (Phi) is 4.42. The van der Waals surface area contributed by atoms with E-state index in [1.807, 2.05) is 6.92 Å². The first kappa shape index (κ1) is 14.9. The van der Waals surface area contributed by atoms with E-state index in [2.05, 4.69) is 31.7 Å². The van der Waals surface area contributed by atoms with Gasteiger partial charge >= 0.3 is 0 Å². The second kappa shape index (κ2) is 6.83. The zero-order chi connectivity index (χ0) is 16.1. The predicted molar refractivity (Wildman–Crippen MR) is 86.8 cm³/mol. The normalized spacial score (nSPS) is 11.7. The fourth-order valence-corrected chi connectivity index (χ4v) is 2.07. The summed E-state index contributed by atoms with van der Waals surface area (Å²) in [5, 5.41) is 6.31. The van der Waals surface area contributed by atoms with Crippen molar-refractivity contribution < 1.29 is 4.39 Å². The lowest BCUT2D eigenvalue weighted by atomic mass is 10.1. The zero-order valence-electron chi connectivity index (χ0n) is 12.5. The number of rotatable bonds is 5. The molecule has 0 unspecified atom stereocenters. The van der Waals surface area contributed by atoms with Gasteiger partial charge in [-0.2, -0.15) is 0 Å². The Labute approximate surface area is 133 Å². The largest absolute Gasteiger partial charge is 0.363 e. The van der Waals surface area contributed by atoms with E-state index in [-0.39, 0.29) is 11.9 Å². The Morgan fingerprint density at radius 1 is 1.09 bits per heavy atom. The minimum Gasteiger partial charge on any atom is -0.363 e. The van der Waals surface area contributed by atoms with E-state index < -0.39 is 0 Å². The van der Waals surface area contributed by atoms with Gasteiger partial charge in [-0.15, -0.1) is 0 Å². The molecule has 2 N–H and O–H groups in total. The molecule has 0 spiro atoms. The number of nitrogens with zero attached hydrogens (tertiary/aromatic N) is 3. The molecule has 1 atom stereocenters. The van der Waals surface area contributed by atoms with E-state index in [0.29, 0.717) is 17.5 Å². The van der Waals surface area contributed by atoms with Gasteiger partial charge in [0.25, 0.3) is 0 Å². The molecule has 0 fully saturated rings. The van der Waals surface area contributed by atoms with Crippen molar-refractivity contribution >= 4 is 17.5 Å². The van der Waals surface area contributed by atoms with Crippen molar-refractivity contribution in [2.24, 2.45) is 0 Å². The second-order valence-electron chi connectivity index (χ2n) is 4.96. The first-order valence-corrected chi connectivity index (χ1v) is 7.14. The smallest absolute Gasteiger partial charge is 0.150 e. The minimum absolute atomic E-state index is 0.0221. The second-order valence-corrected chi connectivity index (χ2v) is 4.96. The van der Waals surface area contributed by atoms with Crippen LogP contribution < -0.4 is 10.6 Å². The predicted octanol–water partition coefficient (Wildman–Crippen LogP) is 3.73. The Bertz CT molecular complexity index is 761. The van der Waals surface area contributed by atoms with Gasteiger partial charge in [0.2, 0.25) is 0 Å². The summed E-state index contributed by atoms with van der Waals surface area (Å²) in [5.74, 6) is 1.60. The zero-order valence-corrected chi connectivity index (χ0v) is 12.5. The third-order valence-corrected chi connectivity index (χ3v) is 3.24. The first-order valence-electron chi connectivity index (χ1n) is 7.14. The van der Waals surface area contributed by atoms with E-state index in [9.17, 15) is 4.39 Å². The van der Waals surface area contributed by atoms with Gasteiger partial charge in [0.05, 0.1) is 6.20 Å². The van der Waals surface area contributed by atoms with Gasteiger partial charge in [-0.3, -0.25) is 4.98 Å². The fourth-order valence-electron chi connectivity index (χ4n) is 2.07. The van der Waals surface area contributed by atoms with Crippen molar-refractivity contribution in [2.75, 3.05) is 10.6 Å². The highest BCUT2D eigenvalue weighted by molar-refractivity contribution is 5.53. The lowest BCUT2D eigenvalue weighted by Gasteiger charge is -2.15. The first-order chi connectivity index (χ1) is 11.2. The van der Waals surface area contributed by atoms with Gasteiger partial charge < -0.3 is 10.6 Å². The number of pyridine rings is 1. The molecule has 0 aliphatic carbocycles. The van der Waals surface area contributed by atoms with Crippen LogP contribution in [0, 0.1) is 11.9 Å². The number of hydrogen-bond acceptors (Lipinski definition) is 5. The molecular formula is C17H15FN5. The Morgan fingerprint density at radius 2 is 1.91 bits per heavy atom. The summed E-state index contributed by atoms with van der Waals surface area (Å²) >= 11 is 0. The van der Waals surface area contributed by atoms with Crippen LogP contribution in [0.1, 0.15) is 18.5 Å². The average molecular weight is 308 g/mol. The topological polar surface area (TPSA) is 62.7 Å². The third-order valence-electron chi connectivity index (χ3n) is 3.24. The highest BCUT2D eigenvalue weighted by Gasteiger charge is 2.07. The molecule has 0 aliphatic heterocycles. The molecule has 0 amide bonds. The third kappa shape index (κ3) is 4.00. The molecule has 5 nitrogen and oxygen atoms in total. The average Bonchev–Trinajstić information content (AvgIpc) is 2.57. The number of anilines is 3. The molecule has 0 saturated carbocycles. The molecule has 6 heteroatoms. The minimum atomic E-state index is -0.249. The maximum Gasteiger partial charge on any atom is 0.150 e. The fraction of sp³-hybridized carbons (Fsp3) is 0.118. The van der Waals surface area contributed by atoms with Gasteiger partial charge in [0.15, 0.2) is 0 Å². The summed E-state index contributed by atoms with van der Waals surface area (Å²) in [6, 6.07) is 12.9. The lowest BCUT2D eigenvalue weighted by molar-refractivity contribution is 0.626. The van der Waals surface area contributed by atoms with Crippen LogP contribution in [0.3, 0.4) is 0 Å². The van der Waals surface area contributed by atoms with Crippen LogP contribution >= 0.6 is 0 Å². The molecule has 3 aromatic rings. The highest BCUT2D eigenvalue weighted by atomic mass is 19.1.